The van der Waals surface area contributed by atoms with Crippen molar-refractivity contribution in [3.05, 3.63) is 35.6 Å². The van der Waals surface area contributed by atoms with Gasteiger partial charge in [0.25, 0.3) is 0 Å². The SMILES string of the molecule is OC(CN(CC(F)(F)F)C1CC1)c1ccccc1F. The topological polar surface area (TPSA) is 23.5 Å². The van der Waals surface area contributed by atoms with Gasteiger partial charge < -0.3 is 5.11 Å². The monoisotopic (exact) mass is 277 g/mol. The van der Waals surface area contributed by atoms with Gasteiger partial charge in [-0.15, -0.1) is 0 Å². The highest BCUT2D eigenvalue weighted by molar-refractivity contribution is 5.20. The summed E-state index contributed by atoms with van der Waals surface area (Å²) in [7, 11) is 0. The summed E-state index contributed by atoms with van der Waals surface area (Å²) in [6.45, 7) is -1.27. The molecule has 0 aliphatic heterocycles. The van der Waals surface area contributed by atoms with Crippen molar-refractivity contribution in [3.8, 4) is 0 Å². The molecule has 0 amide bonds. The van der Waals surface area contributed by atoms with E-state index in [1.807, 2.05) is 0 Å². The molecule has 1 aromatic rings. The third-order valence-corrected chi connectivity index (χ3v) is 3.12. The minimum atomic E-state index is -4.31. The lowest BCUT2D eigenvalue weighted by Gasteiger charge is -2.26. The van der Waals surface area contributed by atoms with Crippen molar-refractivity contribution in [1.29, 1.82) is 0 Å². The van der Waals surface area contributed by atoms with Crippen LogP contribution in [0.25, 0.3) is 0 Å². The molecule has 19 heavy (non-hydrogen) atoms. The van der Waals surface area contributed by atoms with Crippen LogP contribution >= 0.6 is 0 Å². The highest BCUT2D eigenvalue weighted by Crippen LogP contribution is 2.32. The van der Waals surface area contributed by atoms with Gasteiger partial charge in [0.2, 0.25) is 0 Å². The summed E-state index contributed by atoms with van der Waals surface area (Å²) < 4.78 is 50.7. The van der Waals surface area contributed by atoms with Crippen LogP contribution in [0.15, 0.2) is 24.3 Å². The van der Waals surface area contributed by atoms with Gasteiger partial charge in [0.15, 0.2) is 0 Å². The predicted octanol–water partition coefficient (Wildman–Crippen LogP) is 2.89. The minimum absolute atomic E-state index is 0.0373. The van der Waals surface area contributed by atoms with E-state index in [4.69, 9.17) is 0 Å². The van der Waals surface area contributed by atoms with Gasteiger partial charge in [-0.3, -0.25) is 4.90 Å². The first-order valence-corrected chi connectivity index (χ1v) is 6.10. The lowest BCUT2D eigenvalue weighted by molar-refractivity contribution is -0.150. The van der Waals surface area contributed by atoms with E-state index in [0.717, 1.165) is 0 Å². The van der Waals surface area contributed by atoms with Crippen LogP contribution in [0.4, 0.5) is 17.6 Å². The van der Waals surface area contributed by atoms with Crippen molar-refractivity contribution in [3.63, 3.8) is 0 Å². The molecule has 0 bridgehead atoms. The first-order chi connectivity index (χ1) is 8.87. The Bertz CT molecular complexity index is 431. The van der Waals surface area contributed by atoms with E-state index in [2.05, 4.69) is 0 Å². The summed E-state index contributed by atoms with van der Waals surface area (Å²) in [6.07, 6.45) is -4.17. The van der Waals surface area contributed by atoms with E-state index in [1.54, 1.807) is 6.07 Å². The molecule has 1 aliphatic carbocycles. The van der Waals surface area contributed by atoms with E-state index in [-0.39, 0.29) is 18.2 Å². The third kappa shape index (κ3) is 4.18. The summed E-state index contributed by atoms with van der Waals surface area (Å²) in [5, 5.41) is 9.90. The Morgan fingerprint density at radius 2 is 1.89 bits per heavy atom. The molecule has 1 aliphatic rings. The zero-order valence-electron chi connectivity index (χ0n) is 10.2. The maximum absolute atomic E-state index is 13.4. The van der Waals surface area contributed by atoms with E-state index in [1.165, 1.54) is 23.1 Å². The maximum Gasteiger partial charge on any atom is 0.401 e. The second kappa shape index (κ2) is 5.46. The number of alkyl halides is 3. The number of hydrogen-bond donors (Lipinski definition) is 1. The number of hydrogen-bond acceptors (Lipinski definition) is 2. The molecule has 0 heterocycles. The molecule has 0 spiro atoms. The average Bonchev–Trinajstić information content (AvgIpc) is 3.10. The van der Waals surface area contributed by atoms with Crippen LogP contribution in [0.3, 0.4) is 0 Å². The molecule has 1 fully saturated rings. The zero-order valence-corrected chi connectivity index (χ0v) is 10.2. The fourth-order valence-electron chi connectivity index (χ4n) is 2.08. The van der Waals surface area contributed by atoms with Crippen LogP contribution in [0.5, 0.6) is 0 Å². The largest absolute Gasteiger partial charge is 0.401 e. The number of aliphatic hydroxyl groups is 1. The second-order valence-electron chi connectivity index (χ2n) is 4.81. The summed E-state index contributed by atoms with van der Waals surface area (Å²) in [6, 6.07) is 5.44. The Kier molecular flexibility index (Phi) is 4.10. The van der Waals surface area contributed by atoms with E-state index >= 15 is 0 Å². The van der Waals surface area contributed by atoms with Crippen LogP contribution in [0.2, 0.25) is 0 Å². The highest BCUT2D eigenvalue weighted by Gasteiger charge is 2.38. The normalized spacial score (nSPS) is 17.8. The van der Waals surface area contributed by atoms with Gasteiger partial charge in [-0.1, -0.05) is 18.2 Å². The summed E-state index contributed by atoms with van der Waals surface area (Å²) in [5.74, 6) is -0.599. The summed E-state index contributed by atoms with van der Waals surface area (Å²) in [5.41, 5.74) is 0.0373. The zero-order chi connectivity index (χ0) is 14.0. The van der Waals surface area contributed by atoms with Gasteiger partial charge in [0.05, 0.1) is 12.6 Å². The van der Waals surface area contributed by atoms with Crippen molar-refractivity contribution in [2.45, 2.75) is 31.2 Å². The highest BCUT2D eigenvalue weighted by atomic mass is 19.4. The molecule has 0 aromatic heterocycles. The molecule has 0 radical (unpaired) electrons. The van der Waals surface area contributed by atoms with Crippen molar-refractivity contribution >= 4 is 0 Å². The van der Waals surface area contributed by atoms with Gasteiger partial charge in [-0.05, 0) is 18.9 Å². The smallest absolute Gasteiger partial charge is 0.387 e. The number of benzene rings is 1. The number of halogens is 4. The van der Waals surface area contributed by atoms with Gasteiger partial charge in [0, 0.05) is 18.2 Å². The molecular formula is C13H15F4NO. The number of aliphatic hydroxyl groups excluding tert-OH is 1. The molecule has 6 heteroatoms. The Morgan fingerprint density at radius 1 is 1.26 bits per heavy atom. The lowest BCUT2D eigenvalue weighted by atomic mass is 10.1. The maximum atomic E-state index is 13.4. The van der Waals surface area contributed by atoms with E-state index in [0.29, 0.717) is 12.8 Å². The van der Waals surface area contributed by atoms with Crippen LogP contribution in [0.1, 0.15) is 24.5 Å². The fraction of sp³-hybridized carbons (Fsp3) is 0.538. The first-order valence-electron chi connectivity index (χ1n) is 6.10. The van der Waals surface area contributed by atoms with Crippen molar-refractivity contribution in [1.82, 2.24) is 4.90 Å². The summed E-state index contributed by atoms with van der Waals surface area (Å²) in [4.78, 5) is 1.18. The molecule has 1 atom stereocenters. The second-order valence-corrected chi connectivity index (χ2v) is 4.81. The quantitative estimate of drug-likeness (QED) is 0.837. The minimum Gasteiger partial charge on any atom is -0.387 e. The fourth-order valence-corrected chi connectivity index (χ4v) is 2.08. The van der Waals surface area contributed by atoms with Gasteiger partial charge in [-0.25, -0.2) is 4.39 Å². The predicted molar refractivity (Wildman–Crippen MR) is 62.0 cm³/mol. The average molecular weight is 277 g/mol. The molecule has 1 unspecified atom stereocenters. The van der Waals surface area contributed by atoms with Crippen molar-refractivity contribution in [2.24, 2.45) is 0 Å². The molecule has 1 aromatic carbocycles. The van der Waals surface area contributed by atoms with Crippen LogP contribution in [0, 0.1) is 5.82 Å². The van der Waals surface area contributed by atoms with E-state index < -0.39 is 24.6 Å². The van der Waals surface area contributed by atoms with Crippen LogP contribution in [-0.4, -0.2) is 35.3 Å². The van der Waals surface area contributed by atoms with Crippen molar-refractivity contribution in [2.75, 3.05) is 13.1 Å². The molecule has 2 rings (SSSR count). The Morgan fingerprint density at radius 3 is 2.42 bits per heavy atom. The standard InChI is InChI=1S/C13H15F4NO/c14-11-4-2-1-3-10(11)12(19)7-18(9-5-6-9)8-13(15,16)17/h1-4,9,12,19H,5-8H2. The summed E-state index contributed by atoms with van der Waals surface area (Å²) >= 11 is 0. The van der Waals surface area contributed by atoms with Gasteiger partial charge in [-0.2, -0.15) is 13.2 Å². The molecule has 1 N–H and O–H groups in total. The van der Waals surface area contributed by atoms with Gasteiger partial charge in [0.1, 0.15) is 5.82 Å². The van der Waals surface area contributed by atoms with E-state index in [9.17, 15) is 22.7 Å². The molecule has 1 saturated carbocycles. The van der Waals surface area contributed by atoms with Crippen LogP contribution in [-0.2, 0) is 0 Å². The Balaban J connectivity index is 2.03. The molecule has 106 valence electrons. The third-order valence-electron chi connectivity index (χ3n) is 3.12. The lowest BCUT2D eigenvalue weighted by Crippen LogP contribution is -2.38. The van der Waals surface area contributed by atoms with Crippen molar-refractivity contribution < 1.29 is 22.7 Å². The molecule has 0 saturated heterocycles. The Hall–Kier alpha value is -1.14. The number of nitrogens with zero attached hydrogens (tertiary/aromatic N) is 1. The Labute approximate surface area is 108 Å². The molecule has 2 nitrogen and oxygen atoms in total. The van der Waals surface area contributed by atoms with Crippen LogP contribution < -0.4 is 0 Å². The molecular weight excluding hydrogens is 262 g/mol. The number of rotatable bonds is 5. The first kappa shape index (κ1) is 14.3. The van der Waals surface area contributed by atoms with Gasteiger partial charge >= 0.3 is 6.18 Å².